The molecule has 2 heterocycles. The number of aromatic nitrogens is 1. The van der Waals surface area contributed by atoms with Crippen LogP contribution in [0.3, 0.4) is 0 Å². The van der Waals surface area contributed by atoms with Crippen LogP contribution in [-0.4, -0.2) is 23.0 Å². The average molecular weight is 328 g/mol. The lowest BCUT2D eigenvalue weighted by Gasteiger charge is -2.33. The Kier molecular flexibility index (Phi) is 4.27. The zero-order chi connectivity index (χ0) is 17.2. The van der Waals surface area contributed by atoms with Gasteiger partial charge in [0.05, 0.1) is 17.1 Å². The molecule has 0 saturated carbocycles. The molecule has 1 aromatic heterocycles. The molecule has 0 aliphatic carbocycles. The van der Waals surface area contributed by atoms with Gasteiger partial charge in [-0.25, -0.2) is 4.98 Å². The van der Waals surface area contributed by atoms with Crippen molar-refractivity contribution in [1.29, 1.82) is 0 Å². The molecule has 0 N–H and O–H groups in total. The second kappa shape index (κ2) is 6.72. The van der Waals surface area contributed by atoms with Crippen LogP contribution in [0, 0.1) is 5.92 Å². The molecule has 1 fully saturated rings. The number of pyridine rings is 1. The summed E-state index contributed by atoms with van der Waals surface area (Å²) in [4.78, 5) is 7.33. The van der Waals surface area contributed by atoms with E-state index in [1.165, 1.54) is 29.2 Å². The van der Waals surface area contributed by atoms with Crippen molar-refractivity contribution in [3.05, 3.63) is 72.9 Å². The van der Waals surface area contributed by atoms with Crippen LogP contribution in [0.1, 0.15) is 25.5 Å². The zero-order valence-corrected chi connectivity index (χ0v) is 14.8. The summed E-state index contributed by atoms with van der Waals surface area (Å²) >= 11 is 0. The SMILES string of the molecule is C=C(c1cccc(-c2cccc3ccccc23)n1)N1CCC(C)CC1. The van der Waals surface area contributed by atoms with Gasteiger partial charge in [-0.2, -0.15) is 0 Å². The second-order valence-corrected chi connectivity index (χ2v) is 7.05. The Morgan fingerprint density at radius 3 is 2.52 bits per heavy atom. The fourth-order valence-corrected chi connectivity index (χ4v) is 3.63. The van der Waals surface area contributed by atoms with E-state index in [0.717, 1.165) is 36.1 Å². The average Bonchev–Trinajstić information content (AvgIpc) is 2.68. The van der Waals surface area contributed by atoms with Gasteiger partial charge in [-0.1, -0.05) is 62.0 Å². The van der Waals surface area contributed by atoms with Crippen molar-refractivity contribution >= 4 is 16.5 Å². The highest BCUT2D eigenvalue weighted by Gasteiger charge is 2.18. The van der Waals surface area contributed by atoms with Crippen LogP contribution >= 0.6 is 0 Å². The number of nitrogens with zero attached hydrogens (tertiary/aromatic N) is 2. The van der Waals surface area contributed by atoms with Gasteiger partial charge in [0.25, 0.3) is 0 Å². The lowest BCUT2D eigenvalue weighted by Crippen LogP contribution is -2.31. The van der Waals surface area contributed by atoms with Gasteiger partial charge in [-0.05, 0) is 41.7 Å². The van der Waals surface area contributed by atoms with E-state index in [9.17, 15) is 0 Å². The Morgan fingerprint density at radius 2 is 1.68 bits per heavy atom. The Balaban J connectivity index is 1.68. The van der Waals surface area contributed by atoms with E-state index < -0.39 is 0 Å². The predicted octanol–water partition coefficient (Wildman–Crippen LogP) is 5.60. The van der Waals surface area contributed by atoms with Crippen molar-refractivity contribution in [1.82, 2.24) is 9.88 Å². The topological polar surface area (TPSA) is 16.1 Å². The van der Waals surface area contributed by atoms with Crippen molar-refractivity contribution in [3.8, 4) is 11.3 Å². The van der Waals surface area contributed by atoms with Crippen molar-refractivity contribution in [2.75, 3.05) is 13.1 Å². The smallest absolute Gasteiger partial charge is 0.0864 e. The number of hydrogen-bond donors (Lipinski definition) is 0. The Hall–Kier alpha value is -2.61. The first-order chi connectivity index (χ1) is 12.2. The largest absolute Gasteiger partial charge is 0.370 e. The summed E-state index contributed by atoms with van der Waals surface area (Å²) in [5.74, 6) is 0.819. The molecule has 25 heavy (non-hydrogen) atoms. The normalized spacial score (nSPS) is 15.5. The summed E-state index contributed by atoms with van der Waals surface area (Å²) in [5, 5.41) is 2.49. The van der Waals surface area contributed by atoms with Crippen molar-refractivity contribution in [2.24, 2.45) is 5.92 Å². The van der Waals surface area contributed by atoms with E-state index in [-0.39, 0.29) is 0 Å². The first-order valence-electron chi connectivity index (χ1n) is 9.12. The third-order valence-corrected chi connectivity index (χ3v) is 5.28. The molecular weight excluding hydrogens is 304 g/mol. The Labute approximate surface area is 149 Å². The van der Waals surface area contributed by atoms with Gasteiger partial charge in [0.1, 0.15) is 0 Å². The molecule has 2 aromatic carbocycles. The van der Waals surface area contributed by atoms with Gasteiger partial charge < -0.3 is 4.90 Å². The van der Waals surface area contributed by atoms with Crippen LogP contribution in [0.5, 0.6) is 0 Å². The molecule has 3 aromatic rings. The minimum absolute atomic E-state index is 0.819. The molecule has 0 radical (unpaired) electrons. The van der Waals surface area contributed by atoms with Crippen LogP contribution in [0.2, 0.25) is 0 Å². The van der Waals surface area contributed by atoms with Gasteiger partial charge in [0, 0.05) is 18.7 Å². The molecule has 1 aliphatic rings. The number of benzene rings is 2. The summed E-state index contributed by atoms with van der Waals surface area (Å²) in [6.07, 6.45) is 2.48. The van der Waals surface area contributed by atoms with Gasteiger partial charge >= 0.3 is 0 Å². The molecule has 1 aliphatic heterocycles. The van der Waals surface area contributed by atoms with Crippen LogP contribution < -0.4 is 0 Å². The highest BCUT2D eigenvalue weighted by atomic mass is 15.1. The minimum atomic E-state index is 0.819. The van der Waals surface area contributed by atoms with E-state index >= 15 is 0 Å². The van der Waals surface area contributed by atoms with Crippen LogP contribution in [0.25, 0.3) is 27.7 Å². The van der Waals surface area contributed by atoms with Crippen molar-refractivity contribution in [3.63, 3.8) is 0 Å². The minimum Gasteiger partial charge on any atom is -0.370 e. The van der Waals surface area contributed by atoms with Gasteiger partial charge in [0.15, 0.2) is 0 Å². The molecule has 0 bridgehead atoms. The van der Waals surface area contributed by atoms with E-state index in [2.05, 4.69) is 79.1 Å². The second-order valence-electron chi connectivity index (χ2n) is 7.05. The van der Waals surface area contributed by atoms with Gasteiger partial charge in [0.2, 0.25) is 0 Å². The molecule has 4 rings (SSSR count). The maximum Gasteiger partial charge on any atom is 0.0864 e. The molecule has 2 heteroatoms. The number of rotatable bonds is 3. The third-order valence-electron chi connectivity index (χ3n) is 5.28. The van der Waals surface area contributed by atoms with Gasteiger partial charge in [-0.3, -0.25) is 0 Å². The molecule has 0 unspecified atom stereocenters. The summed E-state index contributed by atoms with van der Waals surface area (Å²) < 4.78 is 0. The molecule has 0 spiro atoms. The fourth-order valence-electron chi connectivity index (χ4n) is 3.63. The lowest BCUT2D eigenvalue weighted by atomic mass is 9.98. The van der Waals surface area contributed by atoms with Crippen LogP contribution in [0.15, 0.2) is 67.2 Å². The van der Waals surface area contributed by atoms with E-state index in [0.29, 0.717) is 0 Å². The van der Waals surface area contributed by atoms with Crippen molar-refractivity contribution < 1.29 is 0 Å². The fraction of sp³-hybridized carbons (Fsp3) is 0.261. The Bertz CT molecular complexity index is 899. The monoisotopic (exact) mass is 328 g/mol. The first kappa shape index (κ1) is 15.9. The van der Waals surface area contributed by atoms with Crippen LogP contribution in [0.4, 0.5) is 0 Å². The number of piperidine rings is 1. The van der Waals surface area contributed by atoms with E-state index in [1.54, 1.807) is 0 Å². The highest BCUT2D eigenvalue weighted by Crippen LogP contribution is 2.29. The highest BCUT2D eigenvalue weighted by molar-refractivity contribution is 5.95. The first-order valence-corrected chi connectivity index (χ1v) is 9.12. The standard InChI is InChI=1S/C23H24N2/c1-17-13-15-25(16-14-17)18(2)22-11-6-12-23(24-22)21-10-5-8-19-7-3-4-9-20(19)21/h3-12,17H,2,13-16H2,1H3. The van der Waals surface area contributed by atoms with Crippen molar-refractivity contribution in [2.45, 2.75) is 19.8 Å². The molecule has 126 valence electrons. The van der Waals surface area contributed by atoms with E-state index in [4.69, 9.17) is 4.98 Å². The molecule has 2 nitrogen and oxygen atoms in total. The van der Waals surface area contributed by atoms with Gasteiger partial charge in [-0.15, -0.1) is 0 Å². The summed E-state index contributed by atoms with van der Waals surface area (Å²) in [5.41, 5.74) is 4.23. The molecule has 0 amide bonds. The maximum absolute atomic E-state index is 4.95. The molecule has 0 atom stereocenters. The molecular formula is C23H24N2. The zero-order valence-electron chi connectivity index (χ0n) is 14.8. The lowest BCUT2D eigenvalue weighted by molar-refractivity contribution is 0.268. The predicted molar refractivity (Wildman–Crippen MR) is 106 cm³/mol. The maximum atomic E-state index is 4.95. The number of fused-ring (bicyclic) bond motifs is 1. The summed E-state index contributed by atoms with van der Waals surface area (Å²) in [7, 11) is 0. The summed E-state index contributed by atoms with van der Waals surface area (Å²) in [6, 6.07) is 21.2. The Morgan fingerprint density at radius 1 is 0.960 bits per heavy atom. The third kappa shape index (κ3) is 3.17. The number of hydrogen-bond acceptors (Lipinski definition) is 2. The van der Waals surface area contributed by atoms with E-state index in [1.807, 2.05) is 0 Å². The number of likely N-dealkylation sites (tertiary alicyclic amines) is 1. The summed E-state index contributed by atoms with van der Waals surface area (Å²) in [6.45, 7) is 8.83. The quantitative estimate of drug-likeness (QED) is 0.622. The molecule has 1 saturated heterocycles. The van der Waals surface area contributed by atoms with Crippen LogP contribution in [-0.2, 0) is 0 Å².